The number of halogens is 4. The number of aryl methyl sites for hydroxylation is 1. The van der Waals surface area contributed by atoms with Gasteiger partial charge in [-0.1, -0.05) is 6.07 Å². The monoisotopic (exact) mass is 485 g/mol. The summed E-state index contributed by atoms with van der Waals surface area (Å²) in [5.41, 5.74) is 0.670. The number of aromatic nitrogens is 2. The van der Waals surface area contributed by atoms with Crippen molar-refractivity contribution >= 4 is 35.1 Å². The maximum atomic E-state index is 13.5. The molecule has 6 nitrogen and oxygen atoms in total. The lowest BCUT2D eigenvalue weighted by molar-refractivity contribution is -0.140. The average Bonchev–Trinajstić information content (AvgIpc) is 2.83. The first-order valence-electron chi connectivity index (χ1n) is 10.7. The number of nitrogens with one attached hydrogen (secondary N) is 1. The number of carbonyl (C=O) groups is 1. The van der Waals surface area contributed by atoms with E-state index in [9.17, 15) is 22.4 Å². The van der Waals surface area contributed by atoms with Crippen molar-refractivity contribution in [2.24, 2.45) is 9.98 Å². The van der Waals surface area contributed by atoms with Crippen LogP contribution < -0.4 is 5.32 Å². The molecule has 3 aromatic rings. The molecule has 0 saturated carbocycles. The van der Waals surface area contributed by atoms with Crippen molar-refractivity contribution in [3.63, 3.8) is 0 Å². The van der Waals surface area contributed by atoms with E-state index >= 15 is 0 Å². The third-order valence-corrected chi connectivity index (χ3v) is 5.12. The predicted molar refractivity (Wildman–Crippen MR) is 128 cm³/mol. The summed E-state index contributed by atoms with van der Waals surface area (Å²) in [7, 11) is 0. The highest BCUT2D eigenvalue weighted by Gasteiger charge is 2.34. The van der Waals surface area contributed by atoms with Crippen molar-refractivity contribution in [3.05, 3.63) is 77.5 Å². The summed E-state index contributed by atoms with van der Waals surface area (Å²) in [6, 6.07) is 10.3. The van der Waals surface area contributed by atoms with Gasteiger partial charge in [-0.25, -0.2) is 24.3 Å². The standard InChI is InChI=1S/C25H23F4N5O/c1-16(18-9-11-21(26)20(13-18)25(27,28)29)14-32-22(30-2)15-33-23(35)7-3-6-19-10-8-17-5-4-12-31-24(17)34-19/h4-5,8-14H,2-3,6-7,15H2,1H3,(H,33,35)/b16-14+,32-22-. The third kappa shape index (κ3) is 7.26. The molecule has 35 heavy (non-hydrogen) atoms. The van der Waals surface area contributed by atoms with Crippen LogP contribution in [0.1, 0.15) is 36.6 Å². The summed E-state index contributed by atoms with van der Waals surface area (Å²) in [4.78, 5) is 28.7. The number of aliphatic imine (C=N–C) groups is 2. The number of fused-ring (bicyclic) bond motifs is 1. The molecular formula is C25H23F4N5O. The minimum absolute atomic E-state index is 0.00147. The molecule has 1 N–H and O–H groups in total. The molecule has 0 atom stereocenters. The number of pyridine rings is 2. The van der Waals surface area contributed by atoms with E-state index in [1.54, 1.807) is 6.20 Å². The molecule has 0 unspecified atom stereocenters. The Hall–Kier alpha value is -3.95. The van der Waals surface area contributed by atoms with Gasteiger partial charge in [0.25, 0.3) is 0 Å². The van der Waals surface area contributed by atoms with Gasteiger partial charge in [-0.2, -0.15) is 13.2 Å². The largest absolute Gasteiger partial charge is 0.419 e. The number of rotatable bonds is 8. The molecule has 1 aromatic carbocycles. The van der Waals surface area contributed by atoms with Crippen molar-refractivity contribution in [1.29, 1.82) is 0 Å². The fraction of sp³-hybridized carbons (Fsp3) is 0.240. The average molecular weight is 485 g/mol. The smallest absolute Gasteiger partial charge is 0.349 e. The summed E-state index contributed by atoms with van der Waals surface area (Å²) in [5.74, 6) is -1.38. The molecule has 182 valence electrons. The lowest BCUT2D eigenvalue weighted by atomic mass is 10.0. The van der Waals surface area contributed by atoms with E-state index in [4.69, 9.17) is 0 Å². The number of amides is 1. The molecular weight excluding hydrogens is 462 g/mol. The Labute approximate surface area is 199 Å². The number of alkyl halides is 3. The zero-order valence-electron chi connectivity index (χ0n) is 18.9. The van der Waals surface area contributed by atoms with Gasteiger partial charge in [-0.3, -0.25) is 4.79 Å². The predicted octanol–water partition coefficient (Wildman–Crippen LogP) is 5.39. The number of hydrogen-bond acceptors (Lipinski definition) is 4. The van der Waals surface area contributed by atoms with Crippen molar-refractivity contribution in [2.45, 2.75) is 32.4 Å². The van der Waals surface area contributed by atoms with Crippen molar-refractivity contribution in [2.75, 3.05) is 6.54 Å². The summed E-state index contributed by atoms with van der Waals surface area (Å²) >= 11 is 0. The Morgan fingerprint density at radius 1 is 1.20 bits per heavy atom. The molecule has 0 bridgehead atoms. The van der Waals surface area contributed by atoms with Crippen LogP contribution in [0.2, 0.25) is 0 Å². The first kappa shape index (κ1) is 25.7. The number of amidine groups is 1. The summed E-state index contributed by atoms with van der Waals surface area (Å²) in [6.07, 6.45) is -0.380. The lowest BCUT2D eigenvalue weighted by Gasteiger charge is -2.10. The van der Waals surface area contributed by atoms with Gasteiger partial charge in [0.05, 0.1) is 12.1 Å². The first-order chi connectivity index (χ1) is 16.7. The molecule has 0 spiro atoms. The second-order valence-corrected chi connectivity index (χ2v) is 7.69. The zero-order valence-corrected chi connectivity index (χ0v) is 18.9. The molecule has 0 radical (unpaired) electrons. The van der Waals surface area contributed by atoms with Crippen LogP contribution in [0.4, 0.5) is 17.6 Å². The van der Waals surface area contributed by atoms with Gasteiger partial charge in [-0.15, -0.1) is 0 Å². The molecule has 0 fully saturated rings. The van der Waals surface area contributed by atoms with Gasteiger partial charge >= 0.3 is 6.18 Å². The molecule has 1 amide bonds. The SMILES string of the molecule is C=N/C(CNC(=O)CCCc1ccc2cccnc2n1)=N\C=C(/C)c1ccc(F)c(C(F)(F)F)c1. The maximum absolute atomic E-state index is 13.5. The van der Waals surface area contributed by atoms with Crippen LogP contribution in [0.5, 0.6) is 0 Å². The molecule has 2 aromatic heterocycles. The normalized spacial score (nSPS) is 12.6. The molecule has 10 heteroatoms. The number of nitrogens with zero attached hydrogens (tertiary/aromatic N) is 4. The Bertz CT molecular complexity index is 1280. The highest BCUT2D eigenvalue weighted by Crippen LogP contribution is 2.33. The highest BCUT2D eigenvalue weighted by molar-refractivity contribution is 5.92. The van der Waals surface area contributed by atoms with Crippen LogP contribution in [-0.2, 0) is 17.4 Å². The summed E-state index contributed by atoms with van der Waals surface area (Å²) < 4.78 is 52.3. The van der Waals surface area contributed by atoms with E-state index in [-0.39, 0.29) is 30.3 Å². The van der Waals surface area contributed by atoms with Crippen LogP contribution >= 0.6 is 0 Å². The lowest BCUT2D eigenvalue weighted by Crippen LogP contribution is -2.28. The maximum Gasteiger partial charge on any atom is 0.419 e. The third-order valence-electron chi connectivity index (χ3n) is 5.12. The van der Waals surface area contributed by atoms with Gasteiger partial charge in [0.1, 0.15) is 11.7 Å². The van der Waals surface area contributed by atoms with E-state index in [0.717, 1.165) is 23.2 Å². The van der Waals surface area contributed by atoms with E-state index < -0.39 is 17.6 Å². The second kappa shape index (κ2) is 11.5. The van der Waals surface area contributed by atoms with Crippen molar-refractivity contribution in [3.8, 4) is 0 Å². The van der Waals surface area contributed by atoms with Gasteiger partial charge in [-0.05, 0) is 74.0 Å². The van der Waals surface area contributed by atoms with Crippen molar-refractivity contribution < 1.29 is 22.4 Å². The number of carbonyl (C=O) groups excluding carboxylic acids is 1. The molecule has 2 heterocycles. The summed E-state index contributed by atoms with van der Waals surface area (Å²) in [5, 5.41) is 3.63. The first-order valence-corrected chi connectivity index (χ1v) is 10.7. The number of benzene rings is 1. The van der Waals surface area contributed by atoms with Gasteiger partial charge in [0.2, 0.25) is 5.91 Å². The highest BCUT2D eigenvalue weighted by atomic mass is 19.4. The van der Waals surface area contributed by atoms with Crippen LogP contribution in [0.3, 0.4) is 0 Å². The minimum atomic E-state index is -4.80. The molecule has 0 aliphatic heterocycles. The van der Waals surface area contributed by atoms with Crippen LogP contribution in [-0.4, -0.2) is 35.0 Å². The second-order valence-electron chi connectivity index (χ2n) is 7.69. The van der Waals surface area contributed by atoms with E-state index in [0.29, 0.717) is 24.1 Å². The van der Waals surface area contributed by atoms with Crippen LogP contribution in [0.15, 0.2) is 64.8 Å². The fourth-order valence-electron chi connectivity index (χ4n) is 3.20. The van der Waals surface area contributed by atoms with E-state index in [2.05, 4.69) is 32.0 Å². The zero-order chi connectivity index (χ0) is 25.4. The summed E-state index contributed by atoms with van der Waals surface area (Å²) in [6.45, 7) is 4.94. The fourth-order valence-corrected chi connectivity index (χ4v) is 3.20. The topological polar surface area (TPSA) is 79.6 Å². The van der Waals surface area contributed by atoms with Crippen LogP contribution in [0, 0.1) is 5.82 Å². The van der Waals surface area contributed by atoms with Crippen LogP contribution in [0.25, 0.3) is 16.6 Å². The molecule has 3 rings (SSSR count). The Balaban J connectivity index is 1.53. The van der Waals surface area contributed by atoms with Crippen molar-refractivity contribution in [1.82, 2.24) is 15.3 Å². The van der Waals surface area contributed by atoms with E-state index in [1.807, 2.05) is 24.3 Å². The van der Waals surface area contributed by atoms with E-state index in [1.165, 1.54) is 19.2 Å². The van der Waals surface area contributed by atoms with Gasteiger partial charge in [0.15, 0.2) is 5.65 Å². The van der Waals surface area contributed by atoms with Gasteiger partial charge < -0.3 is 5.32 Å². The quantitative estimate of drug-likeness (QED) is 0.264. The molecule has 0 aliphatic carbocycles. The Kier molecular flexibility index (Phi) is 8.40. The molecule has 0 saturated heterocycles. The minimum Gasteiger partial charge on any atom is -0.349 e. The van der Waals surface area contributed by atoms with Gasteiger partial charge in [0, 0.05) is 29.9 Å². The Morgan fingerprint density at radius 3 is 2.74 bits per heavy atom. The Morgan fingerprint density at radius 2 is 2.00 bits per heavy atom. The number of allylic oxidation sites excluding steroid dienone is 1. The molecule has 0 aliphatic rings. The number of hydrogen-bond donors (Lipinski definition) is 1.